The van der Waals surface area contributed by atoms with E-state index in [1.807, 2.05) is 36.4 Å². The Balaban J connectivity index is 1.96. The van der Waals surface area contributed by atoms with Crippen molar-refractivity contribution in [1.29, 1.82) is 0 Å². The van der Waals surface area contributed by atoms with E-state index in [1.165, 1.54) is 5.56 Å². The molecule has 4 heteroatoms. The molecule has 98 valence electrons. The van der Waals surface area contributed by atoms with Gasteiger partial charge in [-0.2, -0.15) is 0 Å². The van der Waals surface area contributed by atoms with E-state index in [1.54, 1.807) is 7.05 Å². The molecule has 0 aliphatic heterocycles. The van der Waals surface area contributed by atoms with E-state index in [0.717, 1.165) is 16.7 Å². The van der Waals surface area contributed by atoms with Crippen LogP contribution in [0.2, 0.25) is 0 Å². The third-order valence-corrected chi connectivity index (χ3v) is 3.31. The minimum Gasteiger partial charge on any atom is -0.381 e. The average molecular weight is 319 g/mol. The molecule has 0 saturated carbocycles. The quantitative estimate of drug-likeness (QED) is 0.907. The van der Waals surface area contributed by atoms with Gasteiger partial charge in [0.2, 0.25) is 0 Å². The van der Waals surface area contributed by atoms with Crippen molar-refractivity contribution in [3.63, 3.8) is 0 Å². The molecule has 0 fully saturated rings. The van der Waals surface area contributed by atoms with Gasteiger partial charge < -0.3 is 10.6 Å². The van der Waals surface area contributed by atoms with Crippen molar-refractivity contribution in [2.75, 3.05) is 12.4 Å². The van der Waals surface area contributed by atoms with Gasteiger partial charge in [-0.05, 0) is 42.0 Å². The molecule has 0 aliphatic carbocycles. The molecule has 2 aromatic rings. The van der Waals surface area contributed by atoms with Gasteiger partial charge in [-0.1, -0.05) is 28.1 Å². The predicted molar refractivity (Wildman–Crippen MR) is 81.3 cm³/mol. The van der Waals surface area contributed by atoms with E-state index in [4.69, 9.17) is 0 Å². The summed E-state index contributed by atoms with van der Waals surface area (Å²) in [7, 11) is 1.63. The minimum atomic E-state index is -0.0699. The highest BCUT2D eigenvalue weighted by atomic mass is 79.9. The second-order valence-electron chi connectivity index (χ2n) is 4.14. The van der Waals surface area contributed by atoms with Gasteiger partial charge in [0.05, 0.1) is 0 Å². The molecule has 1 amide bonds. The number of anilines is 1. The van der Waals surface area contributed by atoms with Crippen molar-refractivity contribution >= 4 is 27.5 Å². The SMILES string of the molecule is CNC(=O)c1ccc(NCc2ccc(Br)cc2)cc1. The summed E-state index contributed by atoms with van der Waals surface area (Å²) in [4.78, 5) is 11.4. The van der Waals surface area contributed by atoms with Crippen LogP contribution in [0.1, 0.15) is 15.9 Å². The molecule has 0 spiro atoms. The Kier molecular flexibility index (Phi) is 4.58. The third kappa shape index (κ3) is 3.83. The monoisotopic (exact) mass is 318 g/mol. The van der Waals surface area contributed by atoms with Crippen LogP contribution in [0, 0.1) is 0 Å². The van der Waals surface area contributed by atoms with E-state index < -0.39 is 0 Å². The lowest BCUT2D eigenvalue weighted by molar-refractivity contribution is 0.0963. The van der Waals surface area contributed by atoms with E-state index in [-0.39, 0.29) is 5.91 Å². The number of carbonyl (C=O) groups excluding carboxylic acids is 1. The summed E-state index contributed by atoms with van der Waals surface area (Å²) in [6.07, 6.45) is 0. The molecule has 0 bridgehead atoms. The fraction of sp³-hybridized carbons (Fsp3) is 0.133. The third-order valence-electron chi connectivity index (χ3n) is 2.78. The highest BCUT2D eigenvalue weighted by Gasteiger charge is 2.01. The number of rotatable bonds is 4. The second kappa shape index (κ2) is 6.38. The zero-order chi connectivity index (χ0) is 13.7. The van der Waals surface area contributed by atoms with Crippen LogP contribution in [-0.4, -0.2) is 13.0 Å². The van der Waals surface area contributed by atoms with Crippen LogP contribution in [-0.2, 0) is 6.54 Å². The number of amides is 1. The molecular weight excluding hydrogens is 304 g/mol. The van der Waals surface area contributed by atoms with Gasteiger partial charge in [-0.15, -0.1) is 0 Å². The van der Waals surface area contributed by atoms with Gasteiger partial charge in [-0.3, -0.25) is 4.79 Å². The Morgan fingerprint density at radius 2 is 1.68 bits per heavy atom. The maximum atomic E-state index is 11.4. The molecule has 2 aromatic carbocycles. The zero-order valence-electron chi connectivity index (χ0n) is 10.6. The normalized spacial score (nSPS) is 10.0. The molecule has 0 saturated heterocycles. The first-order chi connectivity index (χ1) is 9.19. The van der Waals surface area contributed by atoms with Crippen molar-refractivity contribution in [3.8, 4) is 0 Å². The maximum absolute atomic E-state index is 11.4. The van der Waals surface area contributed by atoms with Crippen LogP contribution in [0.4, 0.5) is 5.69 Å². The van der Waals surface area contributed by atoms with Crippen LogP contribution in [0.25, 0.3) is 0 Å². The fourth-order valence-electron chi connectivity index (χ4n) is 1.69. The molecule has 19 heavy (non-hydrogen) atoms. The van der Waals surface area contributed by atoms with Crippen molar-refractivity contribution in [2.45, 2.75) is 6.54 Å². The first-order valence-electron chi connectivity index (χ1n) is 5.99. The van der Waals surface area contributed by atoms with Crippen molar-refractivity contribution < 1.29 is 4.79 Å². The molecule has 0 aliphatic rings. The summed E-state index contributed by atoms with van der Waals surface area (Å²) >= 11 is 3.41. The summed E-state index contributed by atoms with van der Waals surface area (Å²) in [5.41, 5.74) is 2.87. The number of halogens is 1. The van der Waals surface area contributed by atoms with Crippen molar-refractivity contribution in [2.24, 2.45) is 0 Å². The lowest BCUT2D eigenvalue weighted by Crippen LogP contribution is -2.17. The Morgan fingerprint density at radius 3 is 2.26 bits per heavy atom. The van der Waals surface area contributed by atoms with Crippen molar-refractivity contribution in [3.05, 3.63) is 64.1 Å². The average Bonchev–Trinajstić information content (AvgIpc) is 2.46. The van der Waals surface area contributed by atoms with Gasteiger partial charge in [-0.25, -0.2) is 0 Å². The lowest BCUT2D eigenvalue weighted by atomic mass is 10.2. The predicted octanol–water partition coefficient (Wildman–Crippen LogP) is 3.42. The Morgan fingerprint density at radius 1 is 1.05 bits per heavy atom. The Labute approximate surface area is 121 Å². The highest BCUT2D eigenvalue weighted by molar-refractivity contribution is 9.10. The largest absolute Gasteiger partial charge is 0.381 e. The highest BCUT2D eigenvalue weighted by Crippen LogP contribution is 2.13. The molecule has 2 rings (SSSR count). The van der Waals surface area contributed by atoms with Crippen molar-refractivity contribution in [1.82, 2.24) is 5.32 Å². The van der Waals surface area contributed by atoms with E-state index in [9.17, 15) is 4.79 Å². The number of carbonyl (C=O) groups is 1. The standard InChI is InChI=1S/C15H15BrN2O/c1-17-15(19)12-4-8-14(9-5-12)18-10-11-2-6-13(16)7-3-11/h2-9,18H,10H2,1H3,(H,17,19). The van der Waals surface area contributed by atoms with Crippen LogP contribution in [0.15, 0.2) is 53.0 Å². The number of hydrogen-bond acceptors (Lipinski definition) is 2. The molecule has 0 radical (unpaired) electrons. The smallest absolute Gasteiger partial charge is 0.251 e. The molecule has 0 unspecified atom stereocenters. The summed E-state index contributed by atoms with van der Waals surface area (Å²) in [6.45, 7) is 0.757. The first kappa shape index (κ1) is 13.6. The summed E-state index contributed by atoms with van der Waals surface area (Å²) in [5, 5.41) is 5.92. The van der Waals surface area contributed by atoms with Crippen LogP contribution in [0.3, 0.4) is 0 Å². The molecular formula is C15H15BrN2O. The van der Waals surface area contributed by atoms with E-state index in [2.05, 4.69) is 38.7 Å². The Bertz CT molecular complexity index is 549. The van der Waals surface area contributed by atoms with Gasteiger partial charge in [0.15, 0.2) is 0 Å². The lowest BCUT2D eigenvalue weighted by Gasteiger charge is -2.07. The molecule has 3 nitrogen and oxygen atoms in total. The maximum Gasteiger partial charge on any atom is 0.251 e. The number of nitrogens with one attached hydrogen (secondary N) is 2. The van der Waals surface area contributed by atoms with Gasteiger partial charge in [0.1, 0.15) is 0 Å². The molecule has 0 aromatic heterocycles. The minimum absolute atomic E-state index is 0.0699. The molecule has 0 heterocycles. The summed E-state index contributed by atoms with van der Waals surface area (Å²) in [5.74, 6) is -0.0699. The van der Waals surface area contributed by atoms with Gasteiger partial charge in [0.25, 0.3) is 5.91 Å². The van der Waals surface area contributed by atoms with Crippen LogP contribution in [0.5, 0.6) is 0 Å². The van der Waals surface area contributed by atoms with E-state index in [0.29, 0.717) is 5.56 Å². The number of benzene rings is 2. The molecule has 0 atom stereocenters. The fourth-order valence-corrected chi connectivity index (χ4v) is 1.95. The second-order valence-corrected chi connectivity index (χ2v) is 5.05. The van der Waals surface area contributed by atoms with E-state index >= 15 is 0 Å². The topological polar surface area (TPSA) is 41.1 Å². The van der Waals surface area contributed by atoms with Crippen LogP contribution >= 0.6 is 15.9 Å². The summed E-state index contributed by atoms with van der Waals surface area (Å²) < 4.78 is 1.08. The Hall–Kier alpha value is -1.81. The molecule has 2 N–H and O–H groups in total. The van der Waals surface area contributed by atoms with Crippen LogP contribution < -0.4 is 10.6 Å². The van der Waals surface area contributed by atoms with Gasteiger partial charge >= 0.3 is 0 Å². The first-order valence-corrected chi connectivity index (χ1v) is 6.79. The van der Waals surface area contributed by atoms with Gasteiger partial charge in [0, 0.05) is 29.3 Å². The summed E-state index contributed by atoms with van der Waals surface area (Å²) in [6, 6.07) is 15.6. The zero-order valence-corrected chi connectivity index (χ0v) is 12.2. The number of hydrogen-bond donors (Lipinski definition) is 2.